The van der Waals surface area contributed by atoms with E-state index in [0.29, 0.717) is 23.6 Å². The maximum absolute atomic E-state index is 13.2. The number of rotatable bonds is 20. The fourth-order valence-corrected chi connectivity index (χ4v) is 13.0. The number of nitrogens with zero attached hydrogens (tertiary/aromatic N) is 10. The van der Waals surface area contributed by atoms with Gasteiger partial charge < -0.3 is 30.5 Å². The fourth-order valence-electron chi connectivity index (χ4n) is 9.97. The van der Waals surface area contributed by atoms with E-state index in [-0.39, 0.29) is 113 Å². The third kappa shape index (κ3) is 14.5. The fraction of sp³-hybridized carbons (Fsp3) is 0.0645. The van der Waals surface area contributed by atoms with Gasteiger partial charge in [0.05, 0.1) is 50.2 Å². The number of phenols is 4. The lowest BCUT2D eigenvalue weighted by molar-refractivity contribution is 0.318. The van der Waals surface area contributed by atoms with Gasteiger partial charge in [-0.3, -0.25) is 22.8 Å². The highest BCUT2D eigenvalue weighted by Gasteiger charge is 2.27. The summed E-state index contributed by atoms with van der Waals surface area (Å²) in [5.41, 5.74) is -1.30. The maximum atomic E-state index is 13.2. The van der Waals surface area contributed by atoms with Crippen molar-refractivity contribution in [3.05, 3.63) is 169 Å². The summed E-state index contributed by atoms with van der Waals surface area (Å²) in [5.74, 6) is -2.77. The Morgan fingerprint density at radius 1 is 0.388 bits per heavy atom. The lowest BCUT2D eigenvalue weighted by atomic mass is 10.0. The van der Waals surface area contributed by atoms with E-state index in [2.05, 4.69) is 56.5 Å². The first kappa shape index (κ1) is 68.2. The minimum absolute atomic E-state index is 0.0292. The number of aryl methyl sites for hydroxylation is 1. The highest BCUT2D eigenvalue weighted by Crippen LogP contribution is 2.50. The van der Waals surface area contributed by atoms with E-state index in [1.165, 1.54) is 97.9 Å². The van der Waals surface area contributed by atoms with Crippen LogP contribution in [-0.4, -0.2) is 91.9 Å². The predicted octanol–water partition coefficient (Wildman–Crippen LogP) is 16.3. The number of fused-ring (bicyclic) bond motifs is 4. The van der Waals surface area contributed by atoms with E-state index >= 15 is 0 Å². The van der Waals surface area contributed by atoms with Gasteiger partial charge >= 0.3 is 0 Å². The minimum atomic E-state index is -5.27. The summed E-state index contributed by atoms with van der Waals surface area (Å²) >= 11 is 0. The second kappa shape index (κ2) is 26.4. The van der Waals surface area contributed by atoms with Crippen LogP contribution in [0.4, 0.5) is 68.2 Å². The van der Waals surface area contributed by atoms with Gasteiger partial charge in [-0.25, -0.2) is 0 Å². The van der Waals surface area contributed by atoms with Crippen LogP contribution in [0.3, 0.4) is 0 Å². The van der Waals surface area contributed by atoms with Crippen molar-refractivity contribution < 1.29 is 90.0 Å². The van der Waals surface area contributed by atoms with Crippen LogP contribution < -0.4 is 10.1 Å². The zero-order valence-electron chi connectivity index (χ0n) is 50.0. The third-order valence-corrected chi connectivity index (χ3v) is 18.9. The minimum Gasteiger partial charge on any atom is -0.507 e. The Labute approximate surface area is 554 Å². The summed E-state index contributed by atoms with van der Waals surface area (Å²) < 4.78 is 181. The van der Waals surface area contributed by atoms with E-state index in [0.717, 1.165) is 36.4 Å². The second-order valence-electron chi connectivity index (χ2n) is 21.2. The van der Waals surface area contributed by atoms with E-state index < -0.39 is 104 Å². The number of hydrogen-bond acceptors (Lipinski definition) is 26. The molecule has 0 unspecified atom stereocenters. The van der Waals surface area contributed by atoms with Gasteiger partial charge in [-0.05, 0) is 150 Å². The van der Waals surface area contributed by atoms with Crippen LogP contribution in [0.1, 0.15) is 18.9 Å². The molecule has 0 aliphatic heterocycles. The Morgan fingerprint density at radius 2 is 0.918 bits per heavy atom. The van der Waals surface area contributed by atoms with Crippen LogP contribution >= 0.6 is 0 Å². The van der Waals surface area contributed by atoms with E-state index in [1.54, 1.807) is 37.3 Å². The Kier molecular flexibility index (Phi) is 18.4. The van der Waals surface area contributed by atoms with Crippen LogP contribution in [0, 0.1) is 6.92 Å². The van der Waals surface area contributed by atoms with Gasteiger partial charge in [-0.15, -0.1) is 35.8 Å². The topological polar surface area (TPSA) is 498 Å². The van der Waals surface area contributed by atoms with E-state index in [4.69, 9.17) is 4.74 Å². The second-order valence-corrected chi connectivity index (χ2v) is 28.2. The first-order chi connectivity index (χ1) is 46.2. The highest BCUT2D eigenvalue weighted by atomic mass is 32.2. The molecule has 98 heavy (non-hydrogen) atoms. The van der Waals surface area contributed by atoms with Crippen molar-refractivity contribution in [2.75, 3.05) is 11.9 Å². The molecule has 0 fully saturated rings. The lowest BCUT2D eigenvalue weighted by Crippen LogP contribution is -2.00. The van der Waals surface area contributed by atoms with Gasteiger partial charge in [0.1, 0.15) is 60.3 Å². The largest absolute Gasteiger partial charge is 0.507 e. The van der Waals surface area contributed by atoms with Gasteiger partial charge in [0, 0.05) is 39.4 Å². The van der Waals surface area contributed by atoms with E-state index in [9.17, 15) is 85.3 Å². The molecule has 36 heteroatoms. The SMILES string of the molecule is CCCOc1cc(N=Nc2cc(S(=O)(=O)O)cc3cc(S(=O)(=O)O)cc(O)c23)c(C)cc1N=Nc1c(S(=O)(=O)O)cc2cc(N=Nc3c(Nc4ccccc4)ccc4c(O)c(N=Nc5ccc6c(O)c(N=Nc7ccccc7S(=O)(=O)O)ccc6c5)c(S(=O)(=O)O)cc34)ccc2c1O. The molecule has 11 rings (SSSR count). The molecule has 0 aromatic heterocycles. The Bertz CT molecular complexity index is 5940. The standard InChI is InChI=1S/C62H47N11O20S5/c1-3-21-93-52-31-48(68-70-50-28-39(94(78,79)80)25-35-26-40(95(81,82)83)29-51(74)56(35)50)32(2)22-49(52)69-73-58-54(97(87,88)89)27-34-24-38(15-17-42(34)61(58)76)64-71-57-44-30-55(98(90,91)92)59(62(77)43(44)18-20-46(57)63-36-9-5-4-6-10-36)72-65-37-14-16-41-33(23-37)13-19-47(60(41)75)67-66-45-11-7-8-12-53(45)96(84,85)86/h4-20,22-31,63,74-77H,3,21H2,1-2H3,(H,78,79,80)(H,81,82,83)(H,84,85,86)(H,87,88,89)(H,90,91,92). The average Bonchev–Trinajstić information content (AvgIpc) is 1.14. The van der Waals surface area contributed by atoms with Crippen LogP contribution in [0.25, 0.3) is 43.1 Å². The van der Waals surface area contributed by atoms with Crippen LogP contribution in [0.15, 0.2) is 239 Å². The molecule has 0 spiro atoms. The summed E-state index contributed by atoms with van der Waals surface area (Å²) in [6, 6.07) is 35.5. The molecule has 31 nitrogen and oxygen atoms in total. The molecule has 0 bridgehead atoms. The van der Waals surface area contributed by atoms with Crippen molar-refractivity contribution in [1.82, 2.24) is 0 Å². The predicted molar refractivity (Wildman–Crippen MR) is 356 cm³/mol. The zero-order valence-corrected chi connectivity index (χ0v) is 54.1. The van der Waals surface area contributed by atoms with Crippen molar-refractivity contribution in [3.63, 3.8) is 0 Å². The number of benzene rings is 11. The lowest BCUT2D eigenvalue weighted by Gasteiger charge is -2.14. The number of aromatic hydroxyl groups is 4. The molecule has 10 N–H and O–H groups in total. The highest BCUT2D eigenvalue weighted by molar-refractivity contribution is 7.87. The van der Waals surface area contributed by atoms with Crippen molar-refractivity contribution in [1.29, 1.82) is 0 Å². The summed E-state index contributed by atoms with van der Waals surface area (Å²) in [6.07, 6.45) is 0.444. The number of ether oxygens (including phenoxy) is 1. The Morgan fingerprint density at radius 3 is 1.56 bits per heavy atom. The molecule has 11 aromatic carbocycles. The number of phenolic OH excluding ortho intramolecular Hbond substituents is 4. The maximum Gasteiger partial charge on any atom is 0.296 e. The zero-order chi connectivity index (χ0) is 70.4. The third-order valence-electron chi connectivity index (χ3n) is 14.6. The number of azo groups is 5. The van der Waals surface area contributed by atoms with Gasteiger partial charge in [0.25, 0.3) is 50.6 Å². The van der Waals surface area contributed by atoms with Crippen LogP contribution in [0.5, 0.6) is 28.7 Å². The van der Waals surface area contributed by atoms with Crippen LogP contribution in [-0.2, 0) is 50.6 Å². The smallest absolute Gasteiger partial charge is 0.296 e. The number of anilines is 2. The van der Waals surface area contributed by atoms with Gasteiger partial charge in [0.15, 0.2) is 17.2 Å². The first-order valence-corrected chi connectivity index (χ1v) is 35.3. The van der Waals surface area contributed by atoms with Crippen molar-refractivity contribution in [2.24, 2.45) is 51.1 Å². The van der Waals surface area contributed by atoms with Gasteiger partial charge in [0.2, 0.25) is 0 Å². The molecule has 0 radical (unpaired) electrons. The number of para-hydroxylation sites is 1. The normalized spacial score (nSPS) is 12.9. The quantitative estimate of drug-likeness (QED) is 0.0250. The monoisotopic (exact) mass is 1430 g/mol. The Hall–Kier alpha value is -11.2. The van der Waals surface area contributed by atoms with Crippen molar-refractivity contribution in [3.8, 4) is 28.7 Å². The molecule has 0 aliphatic carbocycles. The number of nitrogens with one attached hydrogen (secondary N) is 1. The van der Waals surface area contributed by atoms with Crippen molar-refractivity contribution >= 4 is 162 Å². The molecule has 0 heterocycles. The average molecular weight is 1430 g/mol. The molecule has 11 aromatic rings. The molecule has 0 atom stereocenters. The number of hydrogen-bond donors (Lipinski definition) is 10. The molecule has 0 aliphatic rings. The first-order valence-electron chi connectivity index (χ1n) is 28.1. The van der Waals surface area contributed by atoms with E-state index in [1.807, 2.05) is 0 Å². The van der Waals surface area contributed by atoms with Crippen molar-refractivity contribution in [2.45, 2.75) is 44.7 Å². The molecule has 0 amide bonds. The molecular formula is C62H47N11O20S5. The summed E-state index contributed by atoms with van der Waals surface area (Å²) in [5, 5.41) is 89.9. The molecule has 0 saturated heterocycles. The molecular weight excluding hydrogens is 1380 g/mol. The summed E-state index contributed by atoms with van der Waals surface area (Å²) in [6.45, 7) is 3.35. The summed E-state index contributed by atoms with van der Waals surface area (Å²) in [7, 11) is -25.1. The molecule has 0 saturated carbocycles. The van der Waals surface area contributed by atoms with Crippen LogP contribution in [0.2, 0.25) is 0 Å². The van der Waals surface area contributed by atoms with Gasteiger partial charge in [-0.2, -0.15) is 57.4 Å². The Balaban J connectivity index is 0.933. The molecule has 500 valence electrons. The van der Waals surface area contributed by atoms with Gasteiger partial charge in [-0.1, -0.05) is 43.3 Å². The summed E-state index contributed by atoms with van der Waals surface area (Å²) in [4.78, 5) is -3.96.